The average Bonchev–Trinajstić information content (AvgIpc) is 3.03. The number of benzene rings is 1. The lowest BCUT2D eigenvalue weighted by atomic mass is 9.92. The van der Waals surface area contributed by atoms with Crippen molar-refractivity contribution in [2.75, 3.05) is 35.9 Å². The molecule has 3 amide bonds. The van der Waals surface area contributed by atoms with Gasteiger partial charge in [-0.25, -0.2) is 9.69 Å². The Morgan fingerprint density at radius 1 is 1.17 bits per heavy atom. The lowest BCUT2D eigenvalue weighted by molar-refractivity contribution is -0.121. The van der Waals surface area contributed by atoms with E-state index in [9.17, 15) is 31.2 Å². The molecular weight excluding hydrogens is 523 g/mol. The number of ether oxygens (including phenoxy) is 1. The van der Waals surface area contributed by atoms with Crippen LogP contribution in [0.25, 0.3) is 0 Å². The summed E-state index contributed by atoms with van der Waals surface area (Å²) in [5.74, 6) is -0.637. The molecule has 0 saturated carbocycles. The van der Waals surface area contributed by atoms with E-state index in [4.69, 9.17) is 4.74 Å². The number of hydrogen-bond acceptors (Lipinski definition) is 7. The molecule has 2 aliphatic rings. The van der Waals surface area contributed by atoms with E-state index in [0.717, 1.165) is 4.90 Å². The molecule has 0 spiro atoms. The van der Waals surface area contributed by atoms with E-state index in [1.165, 1.54) is 54.0 Å². The van der Waals surface area contributed by atoms with Crippen LogP contribution in [0.1, 0.15) is 12.5 Å². The number of amides is 3. The minimum absolute atomic E-state index is 0.0699. The van der Waals surface area contributed by atoms with Crippen molar-refractivity contribution in [2.45, 2.75) is 29.3 Å². The fourth-order valence-electron chi connectivity index (χ4n) is 3.88. The van der Waals surface area contributed by atoms with Crippen molar-refractivity contribution in [3.05, 3.63) is 48.3 Å². The molecule has 1 unspecified atom stereocenters. The Bertz CT molecular complexity index is 1250. The summed E-state index contributed by atoms with van der Waals surface area (Å²) in [5, 5.41) is 2.61. The number of imide groups is 1. The van der Waals surface area contributed by atoms with Gasteiger partial charge in [-0.05, 0) is 54.6 Å². The number of anilines is 2. The van der Waals surface area contributed by atoms with E-state index in [1.54, 1.807) is 0 Å². The van der Waals surface area contributed by atoms with Gasteiger partial charge in [0.2, 0.25) is 0 Å². The second-order valence-electron chi connectivity index (χ2n) is 8.27. The third-order valence-corrected chi connectivity index (χ3v) is 7.86. The Kier molecular flexibility index (Phi) is 7.19. The number of aromatic nitrogens is 1. The lowest BCUT2D eigenvalue weighted by Crippen LogP contribution is -2.46. The van der Waals surface area contributed by atoms with Crippen LogP contribution in [-0.4, -0.2) is 67.0 Å². The van der Waals surface area contributed by atoms with Gasteiger partial charge in [0.05, 0.1) is 30.8 Å². The summed E-state index contributed by atoms with van der Waals surface area (Å²) in [6, 6.07) is 5.64. The quantitative estimate of drug-likeness (QED) is 0.406. The van der Waals surface area contributed by atoms with Crippen LogP contribution in [0.2, 0.25) is 0 Å². The van der Waals surface area contributed by atoms with Gasteiger partial charge in [0.15, 0.2) is 0 Å². The topological polar surface area (TPSA) is 121 Å². The molecule has 194 valence electrons. The van der Waals surface area contributed by atoms with Crippen molar-refractivity contribution in [1.29, 1.82) is 0 Å². The SMILES string of the molecule is CC1(Cc2ccncc2NS(=O)(=O)N2CCOCC2)NC(=O)N(c2ccc(SC(F)(F)F)cc2)C1=O. The first-order chi connectivity index (χ1) is 16.9. The van der Waals surface area contributed by atoms with Gasteiger partial charge < -0.3 is 10.1 Å². The van der Waals surface area contributed by atoms with Gasteiger partial charge in [-0.15, -0.1) is 0 Å². The van der Waals surface area contributed by atoms with E-state index in [-0.39, 0.29) is 60.8 Å². The van der Waals surface area contributed by atoms with Gasteiger partial charge in [-0.1, -0.05) is 0 Å². The Morgan fingerprint density at radius 2 is 1.83 bits per heavy atom. The molecule has 2 fully saturated rings. The molecule has 1 atom stereocenters. The molecule has 10 nitrogen and oxygen atoms in total. The maximum atomic E-state index is 13.3. The summed E-state index contributed by atoms with van der Waals surface area (Å²) in [6.07, 6.45) is 2.67. The number of nitrogens with zero attached hydrogens (tertiary/aromatic N) is 3. The number of alkyl halides is 3. The van der Waals surface area contributed by atoms with Gasteiger partial charge in [-0.3, -0.25) is 14.5 Å². The molecule has 1 aromatic carbocycles. The fraction of sp³-hybridized carbons (Fsp3) is 0.381. The van der Waals surface area contributed by atoms with Crippen LogP contribution in [0.5, 0.6) is 0 Å². The summed E-state index contributed by atoms with van der Waals surface area (Å²) in [4.78, 5) is 30.7. The number of carbonyl (C=O) groups is 2. The number of carbonyl (C=O) groups excluding carboxylic acids is 2. The van der Waals surface area contributed by atoms with Crippen molar-refractivity contribution in [1.82, 2.24) is 14.6 Å². The third-order valence-electron chi connectivity index (χ3n) is 5.59. The zero-order valence-electron chi connectivity index (χ0n) is 18.9. The number of urea groups is 1. The van der Waals surface area contributed by atoms with Crippen LogP contribution in [0.15, 0.2) is 47.6 Å². The second-order valence-corrected chi connectivity index (χ2v) is 11.1. The Balaban J connectivity index is 1.53. The van der Waals surface area contributed by atoms with Gasteiger partial charge in [-0.2, -0.15) is 25.9 Å². The number of nitrogens with one attached hydrogen (secondary N) is 2. The lowest BCUT2D eigenvalue weighted by Gasteiger charge is -2.27. The molecule has 15 heteroatoms. The van der Waals surface area contributed by atoms with Crippen LogP contribution >= 0.6 is 11.8 Å². The zero-order valence-corrected chi connectivity index (χ0v) is 20.5. The van der Waals surface area contributed by atoms with Crippen LogP contribution in [0.4, 0.5) is 29.3 Å². The highest BCUT2D eigenvalue weighted by Crippen LogP contribution is 2.38. The highest BCUT2D eigenvalue weighted by atomic mass is 32.2. The first-order valence-corrected chi connectivity index (χ1v) is 12.9. The Hall–Kier alpha value is -2.88. The van der Waals surface area contributed by atoms with Crippen molar-refractivity contribution < 1.29 is 35.9 Å². The Morgan fingerprint density at radius 3 is 2.47 bits per heavy atom. The second kappa shape index (κ2) is 9.88. The number of thioether (sulfide) groups is 1. The predicted molar refractivity (Wildman–Crippen MR) is 126 cm³/mol. The average molecular weight is 546 g/mol. The maximum absolute atomic E-state index is 13.3. The van der Waals surface area contributed by atoms with E-state index in [1.807, 2.05) is 0 Å². The van der Waals surface area contributed by atoms with Gasteiger partial charge in [0.1, 0.15) is 5.54 Å². The molecule has 2 N–H and O–H groups in total. The first-order valence-electron chi connectivity index (χ1n) is 10.7. The van der Waals surface area contributed by atoms with Crippen LogP contribution in [0, 0.1) is 0 Å². The molecule has 3 heterocycles. The predicted octanol–water partition coefficient (Wildman–Crippen LogP) is 2.74. The standard InChI is InChI=1S/C21H22F3N5O5S2/c1-20(12-14-6-7-25-13-17(14)27-36(32,33)28-8-10-34-11-9-28)18(30)29(19(31)26-20)15-2-4-16(5-3-15)35-21(22,23)24/h2-7,13,27H,8-12H2,1H3,(H,26,31). The Labute approximate surface area is 209 Å². The summed E-state index contributed by atoms with van der Waals surface area (Å²) in [6.45, 7) is 2.40. The van der Waals surface area contributed by atoms with Crippen molar-refractivity contribution in [2.24, 2.45) is 0 Å². The summed E-state index contributed by atoms with van der Waals surface area (Å²) >= 11 is -0.305. The normalized spacial score (nSPS) is 21.5. The first kappa shape index (κ1) is 26.2. The highest BCUT2D eigenvalue weighted by molar-refractivity contribution is 8.00. The molecule has 2 aliphatic heterocycles. The summed E-state index contributed by atoms with van der Waals surface area (Å²) < 4.78 is 72.3. The smallest absolute Gasteiger partial charge is 0.379 e. The molecule has 1 aromatic heterocycles. The molecule has 2 saturated heterocycles. The summed E-state index contributed by atoms with van der Waals surface area (Å²) in [5.41, 5.74) is -5.24. The van der Waals surface area contributed by atoms with Gasteiger partial charge in [0, 0.05) is 30.6 Å². The number of rotatable bonds is 7. The maximum Gasteiger partial charge on any atom is 0.446 e. The fourth-order valence-corrected chi connectivity index (χ4v) is 5.64. The zero-order chi connectivity index (χ0) is 26.1. The molecule has 0 bridgehead atoms. The van der Waals surface area contributed by atoms with Gasteiger partial charge in [0.25, 0.3) is 5.91 Å². The summed E-state index contributed by atoms with van der Waals surface area (Å²) in [7, 11) is -3.91. The third kappa shape index (κ3) is 5.74. The van der Waals surface area contributed by atoms with E-state index >= 15 is 0 Å². The minimum atomic E-state index is -4.47. The van der Waals surface area contributed by atoms with Crippen molar-refractivity contribution >= 4 is 45.3 Å². The van der Waals surface area contributed by atoms with Crippen LogP contribution < -0.4 is 14.9 Å². The van der Waals surface area contributed by atoms with Crippen molar-refractivity contribution in [3.63, 3.8) is 0 Å². The van der Waals surface area contributed by atoms with Crippen LogP contribution in [0.3, 0.4) is 0 Å². The van der Waals surface area contributed by atoms with E-state index < -0.39 is 33.2 Å². The van der Waals surface area contributed by atoms with Crippen molar-refractivity contribution in [3.8, 4) is 0 Å². The monoisotopic (exact) mass is 545 g/mol. The molecule has 0 aliphatic carbocycles. The van der Waals surface area contributed by atoms with E-state index in [2.05, 4.69) is 15.0 Å². The number of morpholine rings is 1. The van der Waals surface area contributed by atoms with Crippen LogP contribution in [-0.2, 0) is 26.2 Å². The molecule has 36 heavy (non-hydrogen) atoms. The van der Waals surface area contributed by atoms with E-state index in [0.29, 0.717) is 5.56 Å². The minimum Gasteiger partial charge on any atom is -0.379 e. The highest BCUT2D eigenvalue weighted by Gasteiger charge is 2.49. The largest absolute Gasteiger partial charge is 0.446 e. The molecular formula is C21H22F3N5O5S2. The number of halogens is 3. The number of hydrogen-bond donors (Lipinski definition) is 2. The molecule has 4 rings (SSSR count). The van der Waals surface area contributed by atoms with Gasteiger partial charge >= 0.3 is 21.7 Å². The number of pyridine rings is 1. The molecule has 0 radical (unpaired) electrons. The molecule has 2 aromatic rings.